The molecule has 118 valence electrons. The molecule has 0 aliphatic heterocycles. The zero-order valence-electron chi connectivity index (χ0n) is 12.7. The predicted molar refractivity (Wildman–Crippen MR) is 78.6 cm³/mol. The number of carbonyl (C=O) groups is 1. The van der Waals surface area contributed by atoms with E-state index >= 15 is 0 Å². The Bertz CT molecular complexity index is 602. The number of rotatable bonds is 6. The number of carboxylic acid groups (broad SMARTS) is 1. The van der Waals surface area contributed by atoms with Crippen LogP contribution in [-0.2, 0) is 14.2 Å². The van der Waals surface area contributed by atoms with Gasteiger partial charge < -0.3 is 24.1 Å². The highest BCUT2D eigenvalue weighted by atomic mass is 16.7. The highest BCUT2D eigenvalue weighted by molar-refractivity contribution is 5.87. The van der Waals surface area contributed by atoms with Crippen molar-refractivity contribution in [2.75, 3.05) is 21.3 Å². The number of hydrogen-bond acceptors (Lipinski definition) is 5. The Balaban J connectivity index is 2.26. The first kappa shape index (κ1) is 15.9. The molecular formula is C16H18O6. The van der Waals surface area contributed by atoms with Crippen molar-refractivity contribution in [1.82, 2.24) is 0 Å². The van der Waals surface area contributed by atoms with Gasteiger partial charge in [0.1, 0.15) is 17.3 Å². The minimum atomic E-state index is -1.07. The van der Waals surface area contributed by atoms with Crippen LogP contribution in [0.2, 0.25) is 0 Å². The Morgan fingerprint density at radius 3 is 2.32 bits per heavy atom. The van der Waals surface area contributed by atoms with E-state index in [9.17, 15) is 4.79 Å². The first-order valence-electron chi connectivity index (χ1n) is 6.61. The maximum Gasteiger partial charge on any atom is 0.335 e. The smallest absolute Gasteiger partial charge is 0.335 e. The standard InChI is InChI=1S/C16H18O6/c1-19-13-8-14(20-2)10-16(9-13,21-3)22-12-6-4-11(5-7-12)15(17)18/h4-9H,10H2,1-3H3,(H,17,18). The van der Waals surface area contributed by atoms with Crippen LogP contribution in [0.15, 0.2) is 47.9 Å². The normalized spacial score (nSPS) is 20.7. The van der Waals surface area contributed by atoms with Crippen LogP contribution in [-0.4, -0.2) is 38.2 Å². The van der Waals surface area contributed by atoms with Crippen LogP contribution in [0.4, 0.5) is 0 Å². The summed E-state index contributed by atoms with van der Waals surface area (Å²) in [7, 11) is 4.63. The average Bonchev–Trinajstić information content (AvgIpc) is 2.54. The molecule has 0 saturated heterocycles. The first-order valence-corrected chi connectivity index (χ1v) is 6.61. The van der Waals surface area contributed by atoms with Crippen LogP contribution in [0.25, 0.3) is 0 Å². The third kappa shape index (κ3) is 3.40. The van der Waals surface area contributed by atoms with Gasteiger partial charge >= 0.3 is 5.97 Å². The molecule has 1 aromatic rings. The fourth-order valence-electron chi connectivity index (χ4n) is 2.11. The summed E-state index contributed by atoms with van der Waals surface area (Å²) in [6.45, 7) is 0. The summed E-state index contributed by atoms with van der Waals surface area (Å²) in [6, 6.07) is 6.10. The number of benzene rings is 1. The zero-order valence-corrected chi connectivity index (χ0v) is 12.7. The molecule has 0 saturated carbocycles. The summed E-state index contributed by atoms with van der Waals surface area (Å²) in [6.07, 6.45) is 3.84. The van der Waals surface area contributed by atoms with Gasteiger partial charge in [-0.25, -0.2) is 4.79 Å². The van der Waals surface area contributed by atoms with E-state index in [1.807, 2.05) is 0 Å². The number of aromatic carboxylic acids is 1. The summed E-state index contributed by atoms with van der Waals surface area (Å²) in [5.74, 6) is -0.362. The van der Waals surface area contributed by atoms with Crippen LogP contribution in [0.5, 0.6) is 5.75 Å². The number of hydrogen-bond donors (Lipinski definition) is 1. The largest absolute Gasteiger partial charge is 0.501 e. The van der Waals surface area contributed by atoms with Gasteiger partial charge in [0.25, 0.3) is 0 Å². The molecule has 0 fully saturated rings. The molecule has 0 aromatic heterocycles. The summed E-state index contributed by atoms with van der Waals surface area (Å²) in [5, 5.41) is 8.91. The average molecular weight is 306 g/mol. The van der Waals surface area contributed by atoms with E-state index in [4.69, 9.17) is 24.1 Å². The van der Waals surface area contributed by atoms with E-state index in [2.05, 4.69) is 0 Å². The fourth-order valence-corrected chi connectivity index (χ4v) is 2.11. The molecule has 22 heavy (non-hydrogen) atoms. The van der Waals surface area contributed by atoms with Crippen molar-refractivity contribution in [3.63, 3.8) is 0 Å². The van der Waals surface area contributed by atoms with E-state index in [1.165, 1.54) is 19.2 Å². The van der Waals surface area contributed by atoms with Crippen molar-refractivity contribution in [1.29, 1.82) is 0 Å². The molecule has 0 radical (unpaired) electrons. The van der Waals surface area contributed by atoms with Crippen LogP contribution in [0.3, 0.4) is 0 Å². The lowest BCUT2D eigenvalue weighted by atomic mass is 10.0. The van der Waals surface area contributed by atoms with E-state index in [1.54, 1.807) is 38.5 Å². The van der Waals surface area contributed by atoms with E-state index < -0.39 is 11.8 Å². The summed E-state index contributed by atoms with van der Waals surface area (Å²) < 4.78 is 21.9. The Morgan fingerprint density at radius 2 is 1.82 bits per heavy atom. The van der Waals surface area contributed by atoms with Crippen LogP contribution < -0.4 is 4.74 Å². The predicted octanol–water partition coefficient (Wildman–Crippen LogP) is 2.57. The van der Waals surface area contributed by atoms with Gasteiger partial charge in [0.05, 0.1) is 26.2 Å². The zero-order chi connectivity index (χ0) is 16.2. The summed E-state index contributed by atoms with van der Waals surface area (Å²) in [4.78, 5) is 10.9. The minimum Gasteiger partial charge on any atom is -0.501 e. The van der Waals surface area contributed by atoms with Gasteiger partial charge in [-0.2, -0.15) is 0 Å². The molecule has 2 rings (SSSR count). The monoisotopic (exact) mass is 306 g/mol. The molecule has 1 aliphatic carbocycles. The molecule has 1 aromatic carbocycles. The summed E-state index contributed by atoms with van der Waals surface area (Å²) in [5.41, 5.74) is 0.188. The quantitative estimate of drug-likeness (QED) is 0.814. The van der Waals surface area contributed by atoms with Crippen LogP contribution in [0.1, 0.15) is 16.8 Å². The molecule has 0 bridgehead atoms. The van der Waals surface area contributed by atoms with Gasteiger partial charge in [-0.1, -0.05) is 0 Å². The van der Waals surface area contributed by atoms with E-state index in [-0.39, 0.29) is 5.56 Å². The molecule has 1 unspecified atom stereocenters. The Labute approximate surface area is 128 Å². The second-order valence-corrected chi connectivity index (χ2v) is 4.69. The van der Waals surface area contributed by atoms with Crippen molar-refractivity contribution in [3.8, 4) is 5.75 Å². The lowest BCUT2D eigenvalue weighted by Gasteiger charge is -2.33. The Morgan fingerprint density at radius 1 is 1.14 bits per heavy atom. The fraction of sp³-hybridized carbons (Fsp3) is 0.312. The number of ether oxygens (including phenoxy) is 4. The van der Waals surface area contributed by atoms with Crippen molar-refractivity contribution >= 4 is 5.97 Å². The molecule has 1 N–H and O–H groups in total. The molecule has 6 nitrogen and oxygen atoms in total. The third-order valence-electron chi connectivity index (χ3n) is 3.32. The molecule has 1 atom stereocenters. The topological polar surface area (TPSA) is 74.2 Å². The van der Waals surface area contributed by atoms with Crippen molar-refractivity contribution in [3.05, 3.63) is 53.5 Å². The second-order valence-electron chi connectivity index (χ2n) is 4.69. The lowest BCUT2D eigenvalue weighted by Crippen LogP contribution is -2.39. The van der Waals surface area contributed by atoms with Gasteiger partial charge in [0, 0.05) is 19.3 Å². The maximum absolute atomic E-state index is 10.9. The molecular weight excluding hydrogens is 288 g/mol. The highest BCUT2D eigenvalue weighted by Crippen LogP contribution is 2.32. The molecule has 0 spiro atoms. The maximum atomic E-state index is 10.9. The lowest BCUT2D eigenvalue weighted by molar-refractivity contribution is -0.132. The Kier molecular flexibility index (Phi) is 4.72. The second kappa shape index (κ2) is 6.53. The number of carboxylic acids is 1. The number of methoxy groups -OCH3 is 3. The summed E-state index contributed by atoms with van der Waals surface area (Å²) >= 11 is 0. The van der Waals surface area contributed by atoms with Crippen molar-refractivity contribution in [2.24, 2.45) is 0 Å². The molecule has 0 heterocycles. The van der Waals surface area contributed by atoms with Gasteiger partial charge in [-0.15, -0.1) is 0 Å². The van der Waals surface area contributed by atoms with Crippen LogP contribution >= 0.6 is 0 Å². The van der Waals surface area contributed by atoms with E-state index in [0.29, 0.717) is 23.7 Å². The van der Waals surface area contributed by atoms with Gasteiger partial charge in [-0.05, 0) is 24.3 Å². The highest BCUT2D eigenvalue weighted by Gasteiger charge is 2.36. The van der Waals surface area contributed by atoms with Crippen molar-refractivity contribution < 1.29 is 28.8 Å². The van der Waals surface area contributed by atoms with Crippen LogP contribution in [0, 0.1) is 0 Å². The van der Waals surface area contributed by atoms with Crippen molar-refractivity contribution in [2.45, 2.75) is 12.2 Å². The molecule has 0 amide bonds. The first-order chi connectivity index (χ1) is 10.5. The van der Waals surface area contributed by atoms with Gasteiger partial charge in [0.2, 0.25) is 5.79 Å². The number of allylic oxidation sites excluding steroid dienone is 1. The SMILES string of the molecule is COC1=CC(OC)(Oc2ccc(C(=O)O)cc2)CC(OC)=C1. The molecule has 1 aliphatic rings. The van der Waals surface area contributed by atoms with E-state index in [0.717, 1.165) is 0 Å². The minimum absolute atomic E-state index is 0.188. The Hall–Kier alpha value is -2.47. The van der Waals surface area contributed by atoms with Gasteiger partial charge in [0.15, 0.2) is 0 Å². The molecule has 6 heteroatoms. The third-order valence-corrected chi connectivity index (χ3v) is 3.32. The van der Waals surface area contributed by atoms with Gasteiger partial charge in [-0.3, -0.25) is 0 Å².